The average Bonchev–Trinajstić information content (AvgIpc) is 3.32. The van der Waals surface area contributed by atoms with Crippen LogP contribution in [0.5, 0.6) is 0 Å². The van der Waals surface area contributed by atoms with Crippen molar-refractivity contribution >= 4 is 24.6 Å². The molecule has 3 aromatic rings. The number of aromatic nitrogens is 3. The highest BCUT2D eigenvalue weighted by atomic mass is 15.3. The van der Waals surface area contributed by atoms with Crippen molar-refractivity contribution in [2.75, 3.05) is 0 Å². The Morgan fingerprint density at radius 3 is 1.62 bits per heavy atom. The highest BCUT2D eigenvalue weighted by molar-refractivity contribution is 5.51. The molecule has 5 heteroatoms. The molecule has 0 unspecified atom stereocenters. The lowest BCUT2D eigenvalue weighted by Crippen LogP contribution is -2.21. The first-order valence-corrected chi connectivity index (χ1v) is 7.62. The Kier molecular flexibility index (Phi) is 2.79. The van der Waals surface area contributed by atoms with Gasteiger partial charge in [0, 0.05) is 12.4 Å². The Bertz CT molecular complexity index is 1070. The molecular weight excluding hydrogens is 298 g/mol. The molecule has 0 saturated heterocycles. The molecule has 5 nitrogen and oxygen atoms in total. The summed E-state index contributed by atoms with van der Waals surface area (Å²) in [6, 6.07) is 11.9. The summed E-state index contributed by atoms with van der Waals surface area (Å²) in [5.41, 5.74) is 1.78. The van der Waals surface area contributed by atoms with Gasteiger partial charge in [0.05, 0.1) is 0 Å². The topological polar surface area (TPSA) is 48.8 Å². The van der Waals surface area contributed by atoms with Crippen LogP contribution in [-0.2, 0) is 0 Å². The molecule has 2 aliphatic heterocycles. The zero-order chi connectivity index (χ0) is 15.9. The summed E-state index contributed by atoms with van der Waals surface area (Å²) in [6.45, 7) is 3.20. The van der Waals surface area contributed by atoms with Crippen LogP contribution in [0.1, 0.15) is 11.4 Å². The summed E-state index contributed by atoms with van der Waals surface area (Å²) in [5.74, 6) is 0. The van der Waals surface area contributed by atoms with E-state index in [4.69, 9.17) is 0 Å². The molecule has 0 N–H and O–H groups in total. The van der Waals surface area contributed by atoms with E-state index in [9.17, 15) is 0 Å². The first-order valence-electron chi connectivity index (χ1n) is 7.62. The summed E-state index contributed by atoms with van der Waals surface area (Å²) in [5, 5.41) is 3.52. The Labute approximate surface area is 138 Å². The second-order valence-electron chi connectivity index (χ2n) is 5.64. The summed E-state index contributed by atoms with van der Waals surface area (Å²) < 4.78 is 0. The highest BCUT2D eigenvalue weighted by Crippen LogP contribution is 2.11. The summed E-state index contributed by atoms with van der Waals surface area (Å²) >= 11 is 0. The van der Waals surface area contributed by atoms with Crippen LogP contribution in [0.15, 0.2) is 48.8 Å². The maximum atomic E-state index is 4.59. The SMILES string of the molecule is [C]1N2C=CN1C=c1ccc([n-]1)=Cc1ccc([n-]1)C=c1ccc([n-]1)=C2. The van der Waals surface area contributed by atoms with E-state index in [1.54, 1.807) is 0 Å². The van der Waals surface area contributed by atoms with Gasteiger partial charge in [-0.1, -0.05) is 48.6 Å². The molecule has 2 radical (unpaired) electrons. The second kappa shape index (κ2) is 5.09. The van der Waals surface area contributed by atoms with Gasteiger partial charge in [-0.3, -0.25) is 0 Å². The number of rotatable bonds is 0. The second-order valence-corrected chi connectivity index (χ2v) is 5.64. The molecule has 0 amide bonds. The van der Waals surface area contributed by atoms with Crippen LogP contribution < -0.4 is 36.3 Å². The normalized spacial score (nSPS) is 15.5. The number of hydrogen-bond acceptors (Lipinski definition) is 2. The standard InChI is InChI=1S/C19H12N5/c1-2-15-10-17-4-6-19(22-17)12-24-8-7-23(13-24)11-18-5-3-16(21-18)9-14(1)20-15/h1-12H/q-3. The van der Waals surface area contributed by atoms with Crippen molar-refractivity contribution in [1.82, 2.24) is 24.8 Å². The van der Waals surface area contributed by atoms with Gasteiger partial charge in [-0.05, 0) is 12.4 Å². The zero-order valence-electron chi connectivity index (χ0n) is 12.7. The largest absolute Gasteiger partial charge is 0.658 e. The summed E-state index contributed by atoms with van der Waals surface area (Å²) in [6.07, 6.45) is 11.6. The molecular formula is C19H12N5-3. The van der Waals surface area contributed by atoms with Crippen molar-refractivity contribution < 1.29 is 0 Å². The average molecular weight is 310 g/mol. The maximum Gasteiger partial charge on any atom is 0.216 e. The molecule has 5 rings (SSSR count). The van der Waals surface area contributed by atoms with Gasteiger partial charge < -0.3 is 24.8 Å². The maximum absolute atomic E-state index is 4.59. The van der Waals surface area contributed by atoms with Crippen molar-refractivity contribution in [2.24, 2.45) is 0 Å². The molecule has 116 valence electrons. The van der Waals surface area contributed by atoms with Crippen LogP contribution in [0.25, 0.3) is 24.6 Å². The van der Waals surface area contributed by atoms with Crippen LogP contribution in [0.3, 0.4) is 0 Å². The molecule has 3 aromatic heterocycles. The van der Waals surface area contributed by atoms with Crippen LogP contribution >= 0.6 is 0 Å². The Morgan fingerprint density at radius 1 is 0.583 bits per heavy atom. The van der Waals surface area contributed by atoms with E-state index in [0.29, 0.717) is 0 Å². The van der Waals surface area contributed by atoms with E-state index in [-0.39, 0.29) is 0 Å². The van der Waals surface area contributed by atoms with E-state index in [1.807, 2.05) is 83.1 Å². The number of nitrogens with zero attached hydrogens (tertiary/aromatic N) is 5. The Balaban J connectivity index is 1.71. The fraction of sp³-hybridized carbons (Fsp3) is 0. The molecule has 0 atom stereocenters. The van der Waals surface area contributed by atoms with Gasteiger partial charge in [0.1, 0.15) is 0 Å². The van der Waals surface area contributed by atoms with E-state index in [0.717, 1.165) is 32.8 Å². The minimum Gasteiger partial charge on any atom is -0.658 e. The number of hydrogen-bond donors (Lipinski definition) is 0. The van der Waals surface area contributed by atoms with E-state index in [1.165, 1.54) is 0 Å². The van der Waals surface area contributed by atoms with E-state index in [2.05, 4.69) is 21.6 Å². The predicted octanol–water partition coefficient (Wildman–Crippen LogP) is -1.21. The minimum atomic E-state index is 0.874. The Hall–Kier alpha value is -3.34. The van der Waals surface area contributed by atoms with Crippen LogP contribution in [0, 0.1) is 6.67 Å². The first kappa shape index (κ1) is 13.1. The molecule has 0 aromatic carbocycles. The smallest absolute Gasteiger partial charge is 0.216 e. The fourth-order valence-corrected chi connectivity index (χ4v) is 2.72. The monoisotopic (exact) mass is 310 g/mol. The highest BCUT2D eigenvalue weighted by Gasteiger charge is 2.08. The third-order valence-corrected chi connectivity index (χ3v) is 3.80. The third-order valence-electron chi connectivity index (χ3n) is 3.80. The van der Waals surface area contributed by atoms with E-state index >= 15 is 0 Å². The van der Waals surface area contributed by atoms with Gasteiger partial charge in [0.25, 0.3) is 0 Å². The van der Waals surface area contributed by atoms with Crippen LogP contribution in [0.2, 0.25) is 0 Å². The molecule has 0 fully saturated rings. The van der Waals surface area contributed by atoms with Crippen molar-refractivity contribution in [1.29, 1.82) is 0 Å². The van der Waals surface area contributed by atoms with Crippen LogP contribution in [0.4, 0.5) is 0 Å². The summed E-state index contributed by atoms with van der Waals surface area (Å²) in [4.78, 5) is 17.5. The molecule has 8 bridgehead atoms. The van der Waals surface area contributed by atoms with Crippen molar-refractivity contribution in [3.05, 3.63) is 88.3 Å². The van der Waals surface area contributed by atoms with Gasteiger partial charge >= 0.3 is 0 Å². The zero-order valence-corrected chi connectivity index (χ0v) is 12.7. The van der Waals surface area contributed by atoms with Crippen molar-refractivity contribution in [3.63, 3.8) is 0 Å². The van der Waals surface area contributed by atoms with Gasteiger partial charge in [-0.25, -0.2) is 0 Å². The molecule has 2 aliphatic rings. The lowest BCUT2D eigenvalue weighted by atomic mass is 10.3. The minimum absolute atomic E-state index is 0.874. The molecule has 24 heavy (non-hydrogen) atoms. The quantitative estimate of drug-likeness (QED) is 0.522. The molecule has 0 saturated carbocycles. The third kappa shape index (κ3) is 2.46. The summed E-state index contributed by atoms with van der Waals surface area (Å²) in [7, 11) is 0. The fourth-order valence-electron chi connectivity index (χ4n) is 2.72. The molecule has 0 spiro atoms. The lowest BCUT2D eigenvalue weighted by molar-refractivity contribution is 0.542. The van der Waals surface area contributed by atoms with Gasteiger partial charge in [-0.2, -0.15) is 0 Å². The van der Waals surface area contributed by atoms with Gasteiger partial charge in [0.2, 0.25) is 6.67 Å². The first-order chi connectivity index (χ1) is 11.8. The van der Waals surface area contributed by atoms with E-state index < -0.39 is 0 Å². The Morgan fingerprint density at radius 2 is 1.08 bits per heavy atom. The van der Waals surface area contributed by atoms with Crippen molar-refractivity contribution in [2.45, 2.75) is 0 Å². The van der Waals surface area contributed by atoms with Gasteiger partial charge in [-0.15, -0.1) is 32.8 Å². The lowest BCUT2D eigenvalue weighted by Gasteiger charge is -2.13. The molecule has 5 heterocycles. The van der Waals surface area contributed by atoms with Gasteiger partial charge in [0.15, 0.2) is 0 Å². The van der Waals surface area contributed by atoms with Crippen LogP contribution in [-0.4, -0.2) is 9.80 Å². The van der Waals surface area contributed by atoms with Crippen molar-refractivity contribution in [3.8, 4) is 0 Å². The molecule has 0 aliphatic carbocycles. The number of fused-ring (bicyclic) bond motifs is 8. The predicted molar refractivity (Wildman–Crippen MR) is 89.9 cm³/mol.